The van der Waals surface area contributed by atoms with Crippen molar-refractivity contribution in [2.75, 3.05) is 11.9 Å². The number of carboxylic acids is 1. The van der Waals surface area contributed by atoms with Crippen molar-refractivity contribution >= 4 is 34.9 Å². The van der Waals surface area contributed by atoms with Crippen LogP contribution in [0.2, 0.25) is 0 Å². The second-order valence-corrected chi connectivity index (χ2v) is 5.90. The van der Waals surface area contributed by atoms with E-state index in [2.05, 4.69) is 9.97 Å². The van der Waals surface area contributed by atoms with Gasteiger partial charge in [0.1, 0.15) is 0 Å². The van der Waals surface area contributed by atoms with Gasteiger partial charge < -0.3 is 24.8 Å². The van der Waals surface area contributed by atoms with E-state index in [1.807, 2.05) is 42.5 Å². The Morgan fingerprint density at radius 1 is 1.13 bits per heavy atom. The summed E-state index contributed by atoms with van der Waals surface area (Å²) < 4.78 is 0.591. The molecule has 118 valence electrons. The van der Waals surface area contributed by atoms with E-state index in [4.69, 9.17) is 12.2 Å². The smallest absolute Gasteiger partial charge is 0.175 e. The first kappa shape index (κ1) is 15.3. The molecule has 1 aromatic heterocycles. The van der Waals surface area contributed by atoms with Crippen molar-refractivity contribution in [1.82, 2.24) is 9.97 Å². The number of likely N-dealkylation sites (N-methyl/N-ethyl adjacent to an activating group) is 1. The molecule has 0 fully saturated rings. The fourth-order valence-corrected chi connectivity index (χ4v) is 2.72. The molecule has 3 aromatic rings. The van der Waals surface area contributed by atoms with Crippen molar-refractivity contribution < 1.29 is 9.90 Å². The minimum absolute atomic E-state index is 0.591. The quantitative estimate of drug-likeness (QED) is 0.722. The van der Waals surface area contributed by atoms with Gasteiger partial charge >= 0.3 is 0 Å². The van der Waals surface area contributed by atoms with E-state index in [1.165, 1.54) is 0 Å². The zero-order valence-electron chi connectivity index (χ0n) is 12.8. The van der Waals surface area contributed by atoms with Crippen LogP contribution in [0.3, 0.4) is 0 Å². The van der Waals surface area contributed by atoms with E-state index in [0.29, 0.717) is 4.77 Å². The summed E-state index contributed by atoms with van der Waals surface area (Å²) in [7, 11) is 1.74. The maximum atomic E-state index is 11.0. The molecule has 1 atom stereocenters. The van der Waals surface area contributed by atoms with E-state index in [9.17, 15) is 9.90 Å². The van der Waals surface area contributed by atoms with Crippen LogP contribution in [0.4, 0.5) is 5.69 Å². The first-order valence-electron chi connectivity index (χ1n) is 7.22. The number of fused-ring (bicyclic) bond motifs is 1. The fraction of sp³-hybridized carbons (Fsp3) is 0.176. The van der Waals surface area contributed by atoms with Crippen molar-refractivity contribution in [3.05, 3.63) is 47.2 Å². The molecule has 0 amide bonds. The lowest BCUT2D eigenvalue weighted by Crippen LogP contribution is -2.44. The van der Waals surface area contributed by atoms with Gasteiger partial charge in [0.15, 0.2) is 4.77 Å². The predicted molar refractivity (Wildman–Crippen MR) is 91.8 cm³/mol. The molecule has 0 saturated carbocycles. The van der Waals surface area contributed by atoms with Gasteiger partial charge in [-0.3, -0.25) is 0 Å². The summed E-state index contributed by atoms with van der Waals surface area (Å²) in [4.78, 5) is 18.9. The summed E-state index contributed by atoms with van der Waals surface area (Å²) in [5, 5.41) is 11.0. The fourth-order valence-electron chi connectivity index (χ4n) is 2.50. The standard InChI is InChI=1S/C17H17N3O2S/c1-10(16(21)22)20(2)13-5-3-4-11(8-13)12-6-7-14-15(9-12)19-17(23)18-14/h3-10H,1-2H3,(H,21,22)(H2,18,19,23)/p-1. The third kappa shape index (κ3) is 2.98. The summed E-state index contributed by atoms with van der Waals surface area (Å²) in [6.07, 6.45) is 0. The van der Waals surface area contributed by atoms with Crippen LogP contribution in [0.5, 0.6) is 0 Å². The van der Waals surface area contributed by atoms with Crippen LogP contribution >= 0.6 is 12.2 Å². The lowest BCUT2D eigenvalue weighted by molar-refractivity contribution is -0.306. The molecular weight excluding hydrogens is 310 g/mol. The number of H-pyrrole nitrogens is 2. The highest BCUT2D eigenvalue weighted by atomic mass is 32.1. The lowest BCUT2D eigenvalue weighted by atomic mass is 10.0. The molecular formula is C17H16N3O2S-. The molecule has 1 unspecified atom stereocenters. The average molecular weight is 326 g/mol. The summed E-state index contributed by atoms with van der Waals surface area (Å²) >= 11 is 5.10. The Bertz CT molecular complexity index is 929. The number of rotatable bonds is 4. The van der Waals surface area contributed by atoms with Crippen LogP contribution in [-0.2, 0) is 4.79 Å². The normalized spacial score (nSPS) is 12.3. The van der Waals surface area contributed by atoms with E-state index in [-0.39, 0.29) is 0 Å². The topological polar surface area (TPSA) is 74.9 Å². The van der Waals surface area contributed by atoms with Gasteiger partial charge in [0.2, 0.25) is 0 Å². The minimum atomic E-state index is -1.10. The number of aliphatic carboxylic acids is 1. The zero-order valence-corrected chi connectivity index (χ0v) is 13.6. The van der Waals surface area contributed by atoms with Crippen molar-refractivity contribution in [3.8, 4) is 11.1 Å². The molecule has 0 aliphatic rings. The maximum absolute atomic E-state index is 11.0. The van der Waals surface area contributed by atoms with Crippen molar-refractivity contribution in [2.24, 2.45) is 0 Å². The summed E-state index contributed by atoms with van der Waals surface area (Å²) in [6.45, 7) is 1.61. The number of anilines is 1. The number of carboxylic acid groups (broad SMARTS) is 1. The summed E-state index contributed by atoms with van der Waals surface area (Å²) in [6, 6.07) is 13.0. The molecule has 0 radical (unpaired) electrons. The highest BCUT2D eigenvalue weighted by Gasteiger charge is 2.11. The van der Waals surface area contributed by atoms with Crippen LogP contribution in [0.1, 0.15) is 6.92 Å². The van der Waals surface area contributed by atoms with Crippen LogP contribution in [0.15, 0.2) is 42.5 Å². The van der Waals surface area contributed by atoms with E-state index in [0.717, 1.165) is 27.8 Å². The van der Waals surface area contributed by atoms with E-state index >= 15 is 0 Å². The first-order valence-corrected chi connectivity index (χ1v) is 7.63. The summed E-state index contributed by atoms with van der Waals surface area (Å²) in [5.74, 6) is -1.10. The van der Waals surface area contributed by atoms with Gasteiger partial charge in [-0.2, -0.15) is 0 Å². The van der Waals surface area contributed by atoms with Crippen molar-refractivity contribution in [3.63, 3.8) is 0 Å². The number of hydrogen-bond donors (Lipinski definition) is 2. The van der Waals surface area contributed by atoms with Crippen molar-refractivity contribution in [1.29, 1.82) is 0 Å². The van der Waals surface area contributed by atoms with Crippen LogP contribution in [0, 0.1) is 4.77 Å². The number of carbonyl (C=O) groups is 1. The molecule has 0 aliphatic heterocycles. The number of nitrogens with zero attached hydrogens (tertiary/aromatic N) is 1. The largest absolute Gasteiger partial charge is 0.548 e. The lowest BCUT2D eigenvalue weighted by Gasteiger charge is -2.28. The number of aromatic amines is 2. The molecule has 1 heterocycles. The third-order valence-corrected chi connectivity index (χ3v) is 4.23. The van der Waals surface area contributed by atoms with Gasteiger partial charge in [-0.25, -0.2) is 0 Å². The number of carbonyl (C=O) groups excluding carboxylic acids is 1. The van der Waals surface area contributed by atoms with Crippen LogP contribution < -0.4 is 10.0 Å². The molecule has 3 rings (SSSR count). The Morgan fingerprint density at radius 3 is 2.57 bits per heavy atom. The number of aromatic nitrogens is 2. The van der Waals surface area contributed by atoms with E-state index in [1.54, 1.807) is 18.9 Å². The predicted octanol–water partition coefficient (Wildman–Crippen LogP) is 2.47. The molecule has 5 nitrogen and oxygen atoms in total. The summed E-state index contributed by atoms with van der Waals surface area (Å²) in [5.41, 5.74) is 4.75. The van der Waals surface area contributed by atoms with Gasteiger partial charge in [0.25, 0.3) is 0 Å². The number of hydrogen-bond acceptors (Lipinski definition) is 4. The average Bonchev–Trinajstić information content (AvgIpc) is 2.92. The molecule has 0 aliphatic carbocycles. The Kier molecular flexibility index (Phi) is 3.92. The first-order chi connectivity index (χ1) is 11.0. The number of imidazole rings is 1. The van der Waals surface area contributed by atoms with Gasteiger partial charge in [-0.15, -0.1) is 0 Å². The van der Waals surface area contributed by atoms with E-state index < -0.39 is 12.0 Å². The third-order valence-electron chi connectivity index (χ3n) is 4.02. The minimum Gasteiger partial charge on any atom is -0.548 e. The molecule has 2 N–H and O–H groups in total. The molecule has 0 saturated heterocycles. The Balaban J connectivity index is 2.00. The Labute approximate surface area is 138 Å². The van der Waals surface area contributed by atoms with Crippen LogP contribution in [0.25, 0.3) is 22.2 Å². The monoisotopic (exact) mass is 326 g/mol. The molecule has 0 spiro atoms. The molecule has 23 heavy (non-hydrogen) atoms. The second kappa shape index (κ2) is 5.89. The van der Waals surface area contributed by atoms with Gasteiger partial charge in [0, 0.05) is 12.7 Å². The van der Waals surface area contributed by atoms with Gasteiger partial charge in [-0.05, 0) is 54.5 Å². The zero-order chi connectivity index (χ0) is 16.6. The SMILES string of the molecule is CC(C(=O)[O-])N(C)c1cccc(-c2ccc3[nH]c(=S)[nH]c3c2)c1. The molecule has 2 aromatic carbocycles. The molecule has 6 heteroatoms. The number of nitrogens with one attached hydrogen (secondary N) is 2. The maximum Gasteiger partial charge on any atom is 0.175 e. The van der Waals surface area contributed by atoms with Gasteiger partial charge in [0.05, 0.1) is 23.0 Å². The van der Waals surface area contributed by atoms with Crippen molar-refractivity contribution in [2.45, 2.75) is 13.0 Å². The number of benzene rings is 2. The van der Waals surface area contributed by atoms with Gasteiger partial charge in [-0.1, -0.05) is 18.2 Å². The van der Waals surface area contributed by atoms with Crippen LogP contribution in [-0.4, -0.2) is 29.0 Å². The molecule has 0 bridgehead atoms. The highest BCUT2D eigenvalue weighted by Crippen LogP contribution is 2.27. The Morgan fingerprint density at radius 2 is 1.83 bits per heavy atom. The Hall–Kier alpha value is -2.60. The second-order valence-electron chi connectivity index (χ2n) is 5.50. The highest BCUT2D eigenvalue weighted by molar-refractivity contribution is 7.71.